The third kappa shape index (κ3) is 2.90. The third-order valence-electron chi connectivity index (χ3n) is 7.35. The number of ether oxygens (including phenoxy) is 1. The summed E-state index contributed by atoms with van der Waals surface area (Å²) in [5, 5.41) is 0. The number of nitrogens with zero attached hydrogens (tertiary/aromatic N) is 3. The Bertz CT molecular complexity index is 553. The van der Waals surface area contributed by atoms with E-state index in [-0.39, 0.29) is 12.0 Å². The number of hydrogen-bond donors (Lipinski definition) is 0. The van der Waals surface area contributed by atoms with Crippen molar-refractivity contribution in [3.05, 3.63) is 0 Å². The fourth-order valence-electron chi connectivity index (χ4n) is 5.91. The maximum absolute atomic E-state index is 12.6. The van der Waals surface area contributed by atoms with Crippen LogP contribution in [0.1, 0.15) is 40.0 Å². The first kappa shape index (κ1) is 18.1. The van der Waals surface area contributed by atoms with Gasteiger partial charge in [0.15, 0.2) is 0 Å². The molecule has 0 N–H and O–H groups in total. The topological polar surface area (TPSA) is 53.1 Å². The van der Waals surface area contributed by atoms with Gasteiger partial charge in [0.2, 0.25) is 5.91 Å². The highest BCUT2D eigenvalue weighted by Gasteiger charge is 2.61. The fraction of sp³-hybridized carbons (Fsp3) is 0.900. The van der Waals surface area contributed by atoms with Gasteiger partial charge in [0.25, 0.3) is 0 Å². The van der Waals surface area contributed by atoms with E-state index in [0.29, 0.717) is 42.4 Å². The maximum Gasteiger partial charge on any atom is 0.410 e. The molecule has 0 aromatic heterocycles. The number of likely N-dealkylation sites (tertiary alicyclic amines) is 1. The molecule has 26 heavy (non-hydrogen) atoms. The second-order valence-corrected chi connectivity index (χ2v) is 8.46. The molecule has 0 spiro atoms. The van der Waals surface area contributed by atoms with Crippen molar-refractivity contribution in [3.8, 4) is 0 Å². The first-order valence-electron chi connectivity index (χ1n) is 10.5. The highest BCUT2D eigenvalue weighted by atomic mass is 16.6. The van der Waals surface area contributed by atoms with E-state index >= 15 is 0 Å². The van der Waals surface area contributed by atoms with Crippen LogP contribution in [-0.2, 0) is 9.53 Å². The van der Waals surface area contributed by atoms with Crippen LogP contribution >= 0.6 is 0 Å². The summed E-state index contributed by atoms with van der Waals surface area (Å²) < 4.78 is 5.23. The normalized spacial score (nSPS) is 38.2. The van der Waals surface area contributed by atoms with E-state index < -0.39 is 0 Å². The molecule has 6 nitrogen and oxygen atoms in total. The highest BCUT2D eigenvalue weighted by molar-refractivity contribution is 5.82. The molecule has 2 amide bonds. The lowest BCUT2D eigenvalue weighted by Gasteiger charge is -2.51. The van der Waals surface area contributed by atoms with Crippen molar-refractivity contribution in [2.45, 2.75) is 52.1 Å². The van der Waals surface area contributed by atoms with Crippen LogP contribution in [0.3, 0.4) is 0 Å². The third-order valence-corrected chi connectivity index (χ3v) is 7.35. The average Bonchev–Trinajstić information content (AvgIpc) is 3.16. The summed E-state index contributed by atoms with van der Waals surface area (Å²) in [5.41, 5.74) is 0. The lowest BCUT2D eigenvalue weighted by Crippen LogP contribution is -2.60. The van der Waals surface area contributed by atoms with Gasteiger partial charge < -0.3 is 14.5 Å². The van der Waals surface area contributed by atoms with Gasteiger partial charge in [-0.15, -0.1) is 0 Å². The zero-order chi connectivity index (χ0) is 18.4. The summed E-state index contributed by atoms with van der Waals surface area (Å²) in [5.74, 6) is 2.37. The standard InChI is InChI=1S/C20H33N3O3/c1-4-21(5-2)19(24)18-15-11-22(12-16(15)18)17-9-14-8-7-13(17)10-23(14)20(25)26-6-3/h13-18H,4-12H2,1-3H3/t13-,14?,15-,16+,17?,18+/m1/s1. The van der Waals surface area contributed by atoms with Gasteiger partial charge in [-0.05, 0) is 57.8 Å². The van der Waals surface area contributed by atoms with Gasteiger partial charge in [0, 0.05) is 50.7 Å². The molecule has 3 heterocycles. The second kappa shape index (κ2) is 7.02. The molecule has 5 fully saturated rings. The summed E-state index contributed by atoms with van der Waals surface area (Å²) in [6, 6.07) is 0.936. The van der Waals surface area contributed by atoms with Gasteiger partial charge in [-0.25, -0.2) is 4.79 Å². The molecular formula is C20H33N3O3. The predicted octanol–water partition coefficient (Wildman–Crippen LogP) is 2.04. The molecule has 5 rings (SSSR count). The minimum atomic E-state index is -0.130. The first-order chi connectivity index (χ1) is 12.6. The van der Waals surface area contributed by atoms with Crippen LogP contribution in [0.25, 0.3) is 0 Å². The van der Waals surface area contributed by atoms with Crippen molar-refractivity contribution in [1.29, 1.82) is 0 Å². The number of fused-ring (bicyclic) bond motifs is 4. The van der Waals surface area contributed by atoms with Crippen LogP contribution in [0, 0.1) is 23.7 Å². The molecule has 3 saturated heterocycles. The Hall–Kier alpha value is -1.30. The Morgan fingerprint density at radius 2 is 1.73 bits per heavy atom. The maximum atomic E-state index is 12.6. The lowest BCUT2D eigenvalue weighted by molar-refractivity contribution is -0.133. The molecule has 6 heteroatoms. The van der Waals surface area contributed by atoms with Crippen molar-refractivity contribution in [1.82, 2.24) is 14.7 Å². The molecule has 3 aliphatic heterocycles. The Kier molecular flexibility index (Phi) is 4.88. The summed E-state index contributed by atoms with van der Waals surface area (Å²) in [6.45, 7) is 11.1. The van der Waals surface area contributed by atoms with Crippen LogP contribution < -0.4 is 0 Å². The van der Waals surface area contributed by atoms with E-state index in [4.69, 9.17) is 4.74 Å². The van der Waals surface area contributed by atoms with E-state index in [1.807, 2.05) is 16.7 Å². The van der Waals surface area contributed by atoms with Crippen LogP contribution in [0.2, 0.25) is 0 Å². The second-order valence-electron chi connectivity index (χ2n) is 8.46. The van der Waals surface area contributed by atoms with Crippen molar-refractivity contribution in [2.75, 3.05) is 39.3 Å². The number of amides is 2. The Morgan fingerprint density at radius 3 is 2.27 bits per heavy atom. The molecule has 6 atom stereocenters. The first-order valence-corrected chi connectivity index (χ1v) is 10.5. The van der Waals surface area contributed by atoms with Gasteiger partial charge in [-0.1, -0.05) is 0 Å². The number of rotatable bonds is 5. The molecule has 146 valence electrons. The van der Waals surface area contributed by atoms with Crippen molar-refractivity contribution >= 4 is 12.0 Å². The summed E-state index contributed by atoms with van der Waals surface area (Å²) >= 11 is 0. The molecular weight excluding hydrogens is 330 g/mol. The molecule has 0 radical (unpaired) electrons. The van der Waals surface area contributed by atoms with E-state index in [1.165, 1.54) is 6.42 Å². The van der Waals surface area contributed by atoms with Crippen molar-refractivity contribution in [3.63, 3.8) is 0 Å². The minimum Gasteiger partial charge on any atom is -0.450 e. The van der Waals surface area contributed by atoms with Gasteiger partial charge in [-0.2, -0.15) is 0 Å². The van der Waals surface area contributed by atoms with Crippen LogP contribution in [0.5, 0.6) is 0 Å². The number of carbonyl (C=O) groups is 2. The number of piperidine rings is 3. The Morgan fingerprint density at radius 1 is 1.04 bits per heavy atom. The Balaban J connectivity index is 1.32. The fourth-order valence-corrected chi connectivity index (χ4v) is 5.91. The smallest absolute Gasteiger partial charge is 0.410 e. The number of hydrogen-bond acceptors (Lipinski definition) is 4. The molecule has 5 aliphatic rings. The van der Waals surface area contributed by atoms with Crippen molar-refractivity contribution in [2.24, 2.45) is 23.7 Å². The monoisotopic (exact) mass is 363 g/mol. The van der Waals surface area contributed by atoms with E-state index in [9.17, 15) is 9.59 Å². The van der Waals surface area contributed by atoms with Gasteiger partial charge in [0.05, 0.1) is 6.61 Å². The molecule has 0 aromatic carbocycles. The van der Waals surface area contributed by atoms with Gasteiger partial charge in [0.1, 0.15) is 0 Å². The van der Waals surface area contributed by atoms with Gasteiger partial charge >= 0.3 is 6.09 Å². The molecule has 0 aromatic rings. The zero-order valence-electron chi connectivity index (χ0n) is 16.4. The van der Waals surface area contributed by atoms with Gasteiger partial charge in [-0.3, -0.25) is 9.69 Å². The van der Waals surface area contributed by atoms with Crippen LogP contribution in [-0.4, -0.2) is 78.1 Å². The van der Waals surface area contributed by atoms with E-state index in [1.54, 1.807) is 0 Å². The highest BCUT2D eigenvalue weighted by Crippen LogP contribution is 2.54. The summed E-state index contributed by atoms with van der Waals surface area (Å²) in [6.07, 6.45) is 3.29. The quantitative estimate of drug-likeness (QED) is 0.750. The summed E-state index contributed by atoms with van der Waals surface area (Å²) in [7, 11) is 0. The van der Waals surface area contributed by atoms with E-state index in [2.05, 4.69) is 18.7 Å². The lowest BCUT2D eigenvalue weighted by atomic mass is 9.75. The SMILES string of the molecule is CCOC(=O)N1C[C@H]2CCC1CC2N1C[C@@H]2[C@H](C1)[C@H]2C(=O)N(CC)CC. The molecule has 2 aliphatic carbocycles. The largest absolute Gasteiger partial charge is 0.450 e. The van der Waals surface area contributed by atoms with Crippen LogP contribution in [0.15, 0.2) is 0 Å². The zero-order valence-corrected chi connectivity index (χ0v) is 16.4. The minimum absolute atomic E-state index is 0.130. The Labute approximate surface area is 156 Å². The van der Waals surface area contributed by atoms with E-state index in [0.717, 1.165) is 45.6 Å². The molecule has 2 unspecified atom stereocenters. The molecule has 2 bridgehead atoms. The molecule has 2 saturated carbocycles. The summed E-state index contributed by atoms with van der Waals surface area (Å²) in [4.78, 5) is 31.4. The van der Waals surface area contributed by atoms with Crippen LogP contribution in [0.4, 0.5) is 4.79 Å². The van der Waals surface area contributed by atoms with Crippen molar-refractivity contribution < 1.29 is 14.3 Å². The number of carbonyl (C=O) groups excluding carboxylic acids is 2. The predicted molar refractivity (Wildman–Crippen MR) is 98.6 cm³/mol. The average molecular weight is 364 g/mol.